The molecule has 1 heterocycles. The molecule has 0 amide bonds. The van der Waals surface area contributed by atoms with Crippen molar-refractivity contribution in [2.45, 2.75) is 59.3 Å². The molecule has 0 radical (unpaired) electrons. The summed E-state index contributed by atoms with van der Waals surface area (Å²) in [7, 11) is 1.65. The Labute approximate surface area is 178 Å². The first-order valence-corrected chi connectivity index (χ1v) is 11.3. The number of hydrogen-bond acceptors (Lipinski definition) is 4. The number of ether oxygens (including phenoxy) is 2. The highest BCUT2D eigenvalue weighted by atomic mass is 35.5. The molecule has 1 aromatic heterocycles. The number of aryl methyl sites for hydroxylation is 3. The van der Waals surface area contributed by atoms with E-state index in [-0.39, 0.29) is 0 Å². The number of thiophene rings is 1. The summed E-state index contributed by atoms with van der Waals surface area (Å²) in [5, 5.41) is 0.592. The normalized spacial score (nSPS) is 15.4. The van der Waals surface area contributed by atoms with Crippen molar-refractivity contribution in [1.29, 1.82) is 0 Å². The maximum absolute atomic E-state index is 6.43. The molecule has 0 spiro atoms. The largest absolute Gasteiger partial charge is 0.493 e. The molecular formula is C23H32ClNO2S. The van der Waals surface area contributed by atoms with E-state index in [2.05, 4.69) is 20.8 Å². The van der Waals surface area contributed by atoms with Crippen LogP contribution in [0.25, 0.3) is 0 Å². The molecule has 5 heteroatoms. The van der Waals surface area contributed by atoms with Crippen molar-refractivity contribution >= 4 is 22.9 Å². The average Bonchev–Trinajstić information content (AvgIpc) is 2.94. The Hall–Kier alpha value is -1.23. The quantitative estimate of drug-likeness (QED) is 0.590. The van der Waals surface area contributed by atoms with Crippen LogP contribution in [0.2, 0.25) is 5.02 Å². The van der Waals surface area contributed by atoms with E-state index < -0.39 is 0 Å². The third-order valence-corrected chi connectivity index (χ3v) is 7.16. The van der Waals surface area contributed by atoms with E-state index in [1.165, 1.54) is 29.7 Å². The lowest BCUT2D eigenvalue weighted by Crippen LogP contribution is -2.22. The smallest absolute Gasteiger partial charge is 0.179 e. The van der Waals surface area contributed by atoms with Crippen molar-refractivity contribution in [3.63, 3.8) is 0 Å². The molecule has 2 N–H and O–H groups in total. The number of methoxy groups -OCH3 is 1. The lowest BCUT2D eigenvalue weighted by Gasteiger charge is -2.30. The summed E-state index contributed by atoms with van der Waals surface area (Å²) in [5.41, 5.74) is 10.4. The Morgan fingerprint density at radius 3 is 2.71 bits per heavy atom. The maximum atomic E-state index is 6.43. The van der Waals surface area contributed by atoms with Gasteiger partial charge < -0.3 is 15.2 Å². The fraction of sp³-hybridized carbons (Fsp3) is 0.565. The zero-order valence-corrected chi connectivity index (χ0v) is 19.1. The summed E-state index contributed by atoms with van der Waals surface area (Å²) in [6.07, 6.45) is 6.96. The predicted octanol–water partition coefficient (Wildman–Crippen LogP) is 5.75. The molecule has 0 atom stereocenters. The molecule has 0 saturated heterocycles. The van der Waals surface area contributed by atoms with Gasteiger partial charge in [-0.05, 0) is 79.7 Å². The Morgan fingerprint density at radius 2 is 2.00 bits per heavy atom. The molecular weight excluding hydrogens is 390 g/mol. The molecule has 0 saturated carbocycles. The van der Waals surface area contributed by atoms with Gasteiger partial charge in [0.25, 0.3) is 0 Å². The number of rotatable bonds is 8. The van der Waals surface area contributed by atoms with Crippen molar-refractivity contribution in [3.05, 3.63) is 43.6 Å². The highest BCUT2D eigenvalue weighted by Gasteiger charge is 2.29. The first-order valence-electron chi connectivity index (χ1n) is 10.1. The van der Waals surface area contributed by atoms with Crippen LogP contribution in [0.1, 0.15) is 53.1 Å². The van der Waals surface area contributed by atoms with E-state index in [0.29, 0.717) is 35.1 Å². The van der Waals surface area contributed by atoms with Gasteiger partial charge in [0.05, 0.1) is 12.1 Å². The number of halogens is 1. The minimum absolute atomic E-state index is 0.426. The van der Waals surface area contributed by atoms with E-state index in [9.17, 15) is 0 Å². The summed E-state index contributed by atoms with van der Waals surface area (Å²) in [5.74, 6) is 1.27. The second-order valence-electron chi connectivity index (χ2n) is 8.48. The molecule has 1 aromatic carbocycles. The van der Waals surface area contributed by atoms with Gasteiger partial charge in [0.2, 0.25) is 0 Å². The zero-order valence-electron chi connectivity index (χ0n) is 17.5. The van der Waals surface area contributed by atoms with Gasteiger partial charge in [-0.15, -0.1) is 11.3 Å². The van der Waals surface area contributed by atoms with Crippen LogP contribution in [-0.4, -0.2) is 20.3 Å². The third kappa shape index (κ3) is 4.84. The second-order valence-corrected chi connectivity index (χ2v) is 10.2. The second kappa shape index (κ2) is 9.06. The fourth-order valence-corrected chi connectivity index (χ4v) is 5.69. The highest BCUT2D eigenvalue weighted by molar-refractivity contribution is 7.12. The van der Waals surface area contributed by atoms with Gasteiger partial charge in [-0.1, -0.05) is 25.4 Å². The zero-order chi connectivity index (χ0) is 20.3. The van der Waals surface area contributed by atoms with Crippen LogP contribution >= 0.6 is 22.9 Å². The van der Waals surface area contributed by atoms with Crippen molar-refractivity contribution < 1.29 is 9.47 Å². The van der Waals surface area contributed by atoms with E-state index in [0.717, 1.165) is 19.3 Å². The fourth-order valence-electron chi connectivity index (χ4n) is 4.11. The lowest BCUT2D eigenvalue weighted by atomic mass is 9.74. The number of fused-ring (bicyclic) bond motifs is 1. The topological polar surface area (TPSA) is 44.5 Å². The standard InChI is InChI=1S/C23H32ClNO2S/c1-15-18-14-23(2,3)9-8-17(18)21(28-15)7-5-6-16-12-19(24)22(27-11-10-25)20(13-16)26-4/h12-13H,5-11,14,25H2,1-4H3. The van der Waals surface area contributed by atoms with Crippen molar-refractivity contribution in [3.8, 4) is 11.5 Å². The molecule has 3 rings (SSSR count). The Bertz CT molecular complexity index is 828. The first-order chi connectivity index (χ1) is 13.3. The number of hydrogen-bond donors (Lipinski definition) is 1. The number of benzene rings is 1. The Morgan fingerprint density at radius 1 is 1.21 bits per heavy atom. The van der Waals surface area contributed by atoms with Gasteiger partial charge in [0, 0.05) is 16.3 Å². The molecule has 28 heavy (non-hydrogen) atoms. The first kappa shape index (κ1) is 21.5. The van der Waals surface area contributed by atoms with Gasteiger partial charge in [0.1, 0.15) is 6.61 Å². The molecule has 1 aliphatic rings. The molecule has 2 aromatic rings. The van der Waals surface area contributed by atoms with Gasteiger partial charge in [-0.25, -0.2) is 0 Å². The third-order valence-electron chi connectivity index (χ3n) is 5.63. The number of nitrogens with two attached hydrogens (primary N) is 1. The van der Waals surface area contributed by atoms with Crippen LogP contribution in [0.4, 0.5) is 0 Å². The van der Waals surface area contributed by atoms with Crippen LogP contribution in [-0.2, 0) is 25.7 Å². The molecule has 0 unspecified atom stereocenters. The van der Waals surface area contributed by atoms with Gasteiger partial charge in [-0.2, -0.15) is 0 Å². The van der Waals surface area contributed by atoms with Crippen molar-refractivity contribution in [1.82, 2.24) is 0 Å². The maximum Gasteiger partial charge on any atom is 0.179 e. The Balaban J connectivity index is 1.67. The molecule has 0 aliphatic heterocycles. The molecule has 3 nitrogen and oxygen atoms in total. The summed E-state index contributed by atoms with van der Waals surface area (Å²) >= 11 is 8.43. The van der Waals surface area contributed by atoms with Crippen LogP contribution < -0.4 is 15.2 Å². The van der Waals surface area contributed by atoms with E-state index in [1.807, 2.05) is 23.5 Å². The highest BCUT2D eigenvalue weighted by Crippen LogP contribution is 2.42. The molecule has 0 fully saturated rings. The molecule has 1 aliphatic carbocycles. The molecule has 0 bridgehead atoms. The summed E-state index contributed by atoms with van der Waals surface area (Å²) < 4.78 is 11.1. The van der Waals surface area contributed by atoms with E-state index >= 15 is 0 Å². The van der Waals surface area contributed by atoms with Crippen molar-refractivity contribution in [2.75, 3.05) is 20.3 Å². The van der Waals surface area contributed by atoms with Crippen LogP contribution in [0, 0.1) is 12.3 Å². The van der Waals surface area contributed by atoms with Gasteiger partial charge in [-0.3, -0.25) is 0 Å². The lowest BCUT2D eigenvalue weighted by molar-refractivity contribution is 0.302. The Kier molecular flexibility index (Phi) is 6.95. The monoisotopic (exact) mass is 421 g/mol. The van der Waals surface area contributed by atoms with Crippen LogP contribution in [0.3, 0.4) is 0 Å². The van der Waals surface area contributed by atoms with Crippen LogP contribution in [0.15, 0.2) is 12.1 Å². The minimum atomic E-state index is 0.426. The summed E-state index contributed by atoms with van der Waals surface area (Å²) in [4.78, 5) is 3.10. The average molecular weight is 422 g/mol. The van der Waals surface area contributed by atoms with E-state index in [4.69, 9.17) is 26.8 Å². The van der Waals surface area contributed by atoms with Gasteiger partial charge in [0.15, 0.2) is 11.5 Å². The minimum Gasteiger partial charge on any atom is -0.493 e. The van der Waals surface area contributed by atoms with Crippen molar-refractivity contribution in [2.24, 2.45) is 11.1 Å². The summed E-state index contributed by atoms with van der Waals surface area (Å²) in [6, 6.07) is 4.03. The van der Waals surface area contributed by atoms with Gasteiger partial charge >= 0.3 is 0 Å². The van der Waals surface area contributed by atoms with Crippen LogP contribution in [0.5, 0.6) is 11.5 Å². The summed E-state index contributed by atoms with van der Waals surface area (Å²) in [6.45, 7) is 7.95. The predicted molar refractivity (Wildman–Crippen MR) is 119 cm³/mol. The van der Waals surface area contributed by atoms with E-state index in [1.54, 1.807) is 23.1 Å². The molecule has 154 valence electrons. The SMILES string of the molecule is COc1cc(CCCc2sc(C)c3c2CCC(C)(C)C3)cc(Cl)c1OCCN.